The molecular formula is C16H18ClN3O. The second-order valence-corrected chi connectivity index (χ2v) is 5.87. The highest BCUT2D eigenvalue weighted by Crippen LogP contribution is 2.37. The van der Waals surface area contributed by atoms with Crippen LogP contribution < -0.4 is 11.1 Å². The normalized spacial score (nSPS) is 14.1. The molecule has 110 valence electrons. The van der Waals surface area contributed by atoms with Gasteiger partial charge in [0.1, 0.15) is 5.69 Å². The van der Waals surface area contributed by atoms with Crippen molar-refractivity contribution in [3.8, 4) is 0 Å². The molecule has 1 aliphatic rings. The number of aromatic nitrogens is 1. The molecule has 4 nitrogen and oxygen atoms in total. The Bertz CT molecular complexity index is 644. The van der Waals surface area contributed by atoms with Gasteiger partial charge >= 0.3 is 0 Å². The number of halogens is 1. The van der Waals surface area contributed by atoms with E-state index in [9.17, 15) is 4.79 Å². The Kier molecular flexibility index (Phi) is 3.88. The van der Waals surface area contributed by atoms with Crippen molar-refractivity contribution in [1.82, 2.24) is 9.88 Å². The fourth-order valence-corrected chi connectivity index (χ4v) is 2.53. The van der Waals surface area contributed by atoms with Gasteiger partial charge in [-0.15, -0.1) is 0 Å². The van der Waals surface area contributed by atoms with E-state index in [1.54, 1.807) is 6.07 Å². The van der Waals surface area contributed by atoms with E-state index in [4.69, 9.17) is 17.3 Å². The minimum absolute atomic E-state index is 0.0624. The molecule has 1 aromatic carbocycles. The van der Waals surface area contributed by atoms with E-state index in [0.717, 1.165) is 29.8 Å². The van der Waals surface area contributed by atoms with Gasteiger partial charge < -0.3 is 15.6 Å². The highest BCUT2D eigenvalue weighted by atomic mass is 35.5. The van der Waals surface area contributed by atoms with E-state index < -0.39 is 0 Å². The summed E-state index contributed by atoms with van der Waals surface area (Å²) < 4.78 is 1.99. The van der Waals surface area contributed by atoms with Gasteiger partial charge in [0.05, 0.1) is 5.69 Å². The fraction of sp³-hybridized carbons (Fsp3) is 0.312. The summed E-state index contributed by atoms with van der Waals surface area (Å²) in [6, 6.07) is 9.85. The van der Waals surface area contributed by atoms with Crippen LogP contribution in [0.25, 0.3) is 0 Å². The Balaban J connectivity index is 1.58. The smallest absolute Gasteiger partial charge is 0.268 e. The molecule has 1 fully saturated rings. The standard InChI is InChI=1S/C16H18ClN3O/c17-12-3-1-11(2-4-12)7-8-19-16(21)15-9-13(18)10-20(15)14-5-6-14/h1-4,9-10,14H,5-8,18H2,(H,19,21). The second kappa shape index (κ2) is 5.82. The molecule has 1 saturated carbocycles. The van der Waals surface area contributed by atoms with E-state index in [2.05, 4.69) is 5.32 Å². The number of carbonyl (C=O) groups excluding carboxylic acids is 1. The number of nitrogens with zero attached hydrogens (tertiary/aromatic N) is 1. The summed E-state index contributed by atoms with van der Waals surface area (Å²) >= 11 is 5.85. The SMILES string of the molecule is Nc1cc(C(=O)NCCc2ccc(Cl)cc2)n(C2CC2)c1. The minimum Gasteiger partial charge on any atom is -0.397 e. The van der Waals surface area contributed by atoms with Crippen molar-refractivity contribution < 1.29 is 4.79 Å². The topological polar surface area (TPSA) is 60.1 Å². The Morgan fingerprint density at radius 1 is 1.33 bits per heavy atom. The van der Waals surface area contributed by atoms with E-state index in [1.807, 2.05) is 35.0 Å². The van der Waals surface area contributed by atoms with Crippen LogP contribution >= 0.6 is 11.6 Å². The molecule has 1 aromatic heterocycles. The van der Waals surface area contributed by atoms with Crippen molar-refractivity contribution >= 4 is 23.2 Å². The lowest BCUT2D eigenvalue weighted by atomic mass is 10.1. The van der Waals surface area contributed by atoms with Crippen LogP contribution in [-0.2, 0) is 6.42 Å². The van der Waals surface area contributed by atoms with Gasteiger partial charge in [0.15, 0.2) is 0 Å². The molecule has 1 aliphatic carbocycles. The van der Waals surface area contributed by atoms with Gasteiger partial charge in [-0.25, -0.2) is 0 Å². The molecule has 0 unspecified atom stereocenters. The van der Waals surface area contributed by atoms with Crippen LogP contribution in [-0.4, -0.2) is 17.0 Å². The summed E-state index contributed by atoms with van der Waals surface area (Å²) in [6.45, 7) is 0.593. The molecule has 3 N–H and O–H groups in total. The highest BCUT2D eigenvalue weighted by Gasteiger charge is 2.27. The maximum atomic E-state index is 12.2. The lowest BCUT2D eigenvalue weighted by molar-refractivity contribution is 0.0944. The highest BCUT2D eigenvalue weighted by molar-refractivity contribution is 6.30. The summed E-state index contributed by atoms with van der Waals surface area (Å²) in [5, 5.41) is 3.67. The Labute approximate surface area is 128 Å². The molecule has 1 heterocycles. The number of anilines is 1. The van der Waals surface area contributed by atoms with Crippen LogP contribution in [0.15, 0.2) is 36.5 Å². The first-order valence-corrected chi connectivity index (χ1v) is 7.51. The number of nitrogens with two attached hydrogens (primary N) is 1. The van der Waals surface area contributed by atoms with Crippen LogP contribution in [0.5, 0.6) is 0 Å². The predicted octanol–water partition coefficient (Wildman–Crippen LogP) is 3.03. The molecule has 2 aromatic rings. The Morgan fingerprint density at radius 3 is 2.71 bits per heavy atom. The molecule has 3 rings (SSSR count). The molecule has 0 atom stereocenters. The lowest BCUT2D eigenvalue weighted by Gasteiger charge is -2.08. The zero-order valence-electron chi connectivity index (χ0n) is 11.7. The molecule has 21 heavy (non-hydrogen) atoms. The number of nitrogens with one attached hydrogen (secondary N) is 1. The van der Waals surface area contributed by atoms with Crippen LogP contribution in [0.4, 0.5) is 5.69 Å². The van der Waals surface area contributed by atoms with Gasteiger partial charge in [0.25, 0.3) is 5.91 Å². The maximum absolute atomic E-state index is 12.2. The summed E-state index contributed by atoms with van der Waals surface area (Å²) in [6.07, 6.45) is 4.88. The van der Waals surface area contributed by atoms with Crippen LogP contribution in [0.1, 0.15) is 34.9 Å². The summed E-state index contributed by atoms with van der Waals surface area (Å²) in [5.74, 6) is -0.0624. The first-order chi connectivity index (χ1) is 10.1. The second-order valence-electron chi connectivity index (χ2n) is 5.43. The van der Waals surface area contributed by atoms with Crippen molar-refractivity contribution in [2.24, 2.45) is 0 Å². The third-order valence-electron chi connectivity index (χ3n) is 3.66. The zero-order valence-corrected chi connectivity index (χ0v) is 12.4. The van der Waals surface area contributed by atoms with Crippen LogP contribution in [0.3, 0.4) is 0 Å². The van der Waals surface area contributed by atoms with Crippen molar-refractivity contribution in [2.45, 2.75) is 25.3 Å². The molecule has 0 radical (unpaired) electrons. The predicted molar refractivity (Wildman–Crippen MR) is 84.6 cm³/mol. The fourth-order valence-electron chi connectivity index (χ4n) is 2.40. The monoisotopic (exact) mass is 303 g/mol. The van der Waals surface area contributed by atoms with Gasteiger partial charge in [-0.05, 0) is 43.0 Å². The quantitative estimate of drug-likeness (QED) is 0.892. The summed E-state index contributed by atoms with van der Waals surface area (Å²) in [4.78, 5) is 12.2. The van der Waals surface area contributed by atoms with Crippen LogP contribution in [0.2, 0.25) is 5.02 Å². The van der Waals surface area contributed by atoms with Crippen LogP contribution in [0, 0.1) is 0 Å². The largest absolute Gasteiger partial charge is 0.397 e. The minimum atomic E-state index is -0.0624. The van der Waals surface area contributed by atoms with Gasteiger partial charge in [0, 0.05) is 23.8 Å². The van der Waals surface area contributed by atoms with Crippen molar-refractivity contribution in [3.63, 3.8) is 0 Å². The zero-order chi connectivity index (χ0) is 14.8. The first-order valence-electron chi connectivity index (χ1n) is 7.13. The number of nitrogen functional groups attached to an aromatic ring is 1. The summed E-state index contributed by atoms with van der Waals surface area (Å²) in [5.41, 5.74) is 8.25. The molecule has 0 saturated heterocycles. The number of amides is 1. The van der Waals surface area contributed by atoms with Gasteiger partial charge in [0.2, 0.25) is 0 Å². The number of carbonyl (C=O) groups is 1. The molecule has 0 bridgehead atoms. The maximum Gasteiger partial charge on any atom is 0.268 e. The number of hydrogen-bond donors (Lipinski definition) is 2. The lowest BCUT2D eigenvalue weighted by Crippen LogP contribution is -2.27. The van der Waals surface area contributed by atoms with Gasteiger partial charge in [-0.3, -0.25) is 4.79 Å². The Morgan fingerprint density at radius 2 is 2.05 bits per heavy atom. The molecule has 0 spiro atoms. The number of hydrogen-bond acceptors (Lipinski definition) is 2. The first kappa shape index (κ1) is 14.0. The van der Waals surface area contributed by atoms with E-state index in [-0.39, 0.29) is 5.91 Å². The average Bonchev–Trinajstić information content (AvgIpc) is 3.23. The third-order valence-corrected chi connectivity index (χ3v) is 3.91. The van der Waals surface area contributed by atoms with Crippen molar-refractivity contribution in [1.29, 1.82) is 0 Å². The number of rotatable bonds is 5. The van der Waals surface area contributed by atoms with Crippen molar-refractivity contribution in [3.05, 3.63) is 52.8 Å². The van der Waals surface area contributed by atoms with Gasteiger partial charge in [-0.2, -0.15) is 0 Å². The van der Waals surface area contributed by atoms with E-state index in [1.165, 1.54) is 0 Å². The molecular weight excluding hydrogens is 286 g/mol. The number of benzene rings is 1. The van der Waals surface area contributed by atoms with E-state index >= 15 is 0 Å². The molecule has 0 aliphatic heterocycles. The van der Waals surface area contributed by atoms with E-state index in [0.29, 0.717) is 24.0 Å². The van der Waals surface area contributed by atoms with Crippen molar-refractivity contribution in [2.75, 3.05) is 12.3 Å². The summed E-state index contributed by atoms with van der Waals surface area (Å²) in [7, 11) is 0. The molecule has 1 amide bonds. The third kappa shape index (κ3) is 3.39. The average molecular weight is 304 g/mol. The molecule has 5 heteroatoms. The van der Waals surface area contributed by atoms with Gasteiger partial charge in [-0.1, -0.05) is 23.7 Å². The Hall–Kier alpha value is -1.94.